The number of benzene rings is 2. The van der Waals surface area contributed by atoms with Crippen LogP contribution in [0.15, 0.2) is 48.7 Å². The molecule has 2 heterocycles. The second kappa shape index (κ2) is 9.56. The molecule has 2 N–H and O–H groups in total. The van der Waals surface area contributed by atoms with Crippen LogP contribution >= 0.6 is 0 Å². The number of carbonyl (C=O) groups is 1. The molecule has 8 heteroatoms. The molecule has 1 aliphatic carbocycles. The molecule has 2 bridgehead atoms. The maximum absolute atomic E-state index is 14.8. The number of halogens is 1. The summed E-state index contributed by atoms with van der Waals surface area (Å²) in [7, 11) is 3.48. The minimum absolute atomic E-state index is 0.240. The number of pyridine rings is 1. The molecule has 7 nitrogen and oxygen atoms in total. The highest BCUT2D eigenvalue weighted by atomic mass is 19.1. The van der Waals surface area contributed by atoms with E-state index in [0.717, 1.165) is 35.0 Å². The Bertz CT molecular complexity index is 1200. The van der Waals surface area contributed by atoms with Crippen LogP contribution in [0.1, 0.15) is 24.0 Å². The van der Waals surface area contributed by atoms with Gasteiger partial charge in [-0.3, -0.25) is 5.32 Å². The normalized spacial score (nSPS) is 21.7. The van der Waals surface area contributed by atoms with Crippen LogP contribution in [0, 0.1) is 11.7 Å². The molecule has 178 valence electrons. The summed E-state index contributed by atoms with van der Waals surface area (Å²) in [6.45, 7) is 1.90. The van der Waals surface area contributed by atoms with E-state index < -0.39 is 6.09 Å². The van der Waals surface area contributed by atoms with E-state index in [1.165, 1.54) is 13.5 Å². The van der Waals surface area contributed by atoms with Gasteiger partial charge in [-0.15, -0.1) is 0 Å². The van der Waals surface area contributed by atoms with Gasteiger partial charge in [-0.1, -0.05) is 12.1 Å². The smallest absolute Gasteiger partial charge is 0.412 e. The second-order valence-corrected chi connectivity index (χ2v) is 9.17. The maximum Gasteiger partial charge on any atom is 0.412 e. The Morgan fingerprint density at radius 2 is 2.09 bits per heavy atom. The van der Waals surface area contributed by atoms with E-state index in [1.54, 1.807) is 12.3 Å². The van der Waals surface area contributed by atoms with E-state index in [2.05, 4.69) is 32.3 Å². The van der Waals surface area contributed by atoms with E-state index in [4.69, 9.17) is 4.74 Å². The van der Waals surface area contributed by atoms with Gasteiger partial charge in [0.25, 0.3) is 0 Å². The zero-order chi connectivity index (χ0) is 23.7. The standard InChI is InChI=1S/C26H29FN4O3/c1-31-14-19-11-21(31)12-24(19)34-15-16-3-4-18(23(27)9-16)13-29-20-5-6-22-17(10-20)7-8-28-25(22)30-26(32)33-2/h3-10,19,21,24,29H,11-15H2,1-2H3,(H,28,30,32). The summed E-state index contributed by atoms with van der Waals surface area (Å²) in [5, 5.41) is 7.57. The molecule has 1 amide bonds. The van der Waals surface area contributed by atoms with Crippen molar-refractivity contribution in [2.75, 3.05) is 31.3 Å². The number of hydrogen-bond donors (Lipinski definition) is 2. The maximum atomic E-state index is 14.8. The van der Waals surface area contributed by atoms with Crippen LogP contribution in [0.5, 0.6) is 0 Å². The summed E-state index contributed by atoms with van der Waals surface area (Å²) in [6.07, 6.45) is 3.63. The van der Waals surface area contributed by atoms with Crippen LogP contribution in [0.25, 0.3) is 10.8 Å². The van der Waals surface area contributed by atoms with Crippen molar-refractivity contribution in [2.24, 2.45) is 5.92 Å². The zero-order valence-corrected chi connectivity index (χ0v) is 19.4. The first-order chi connectivity index (χ1) is 16.5. The van der Waals surface area contributed by atoms with Crippen LogP contribution in [-0.2, 0) is 22.6 Å². The number of fused-ring (bicyclic) bond motifs is 3. The Kier molecular flexibility index (Phi) is 6.34. The molecule has 3 atom stereocenters. The molecule has 0 radical (unpaired) electrons. The highest BCUT2D eigenvalue weighted by Crippen LogP contribution is 2.38. The Labute approximate surface area is 198 Å². The number of ether oxygens (including phenoxy) is 2. The van der Waals surface area contributed by atoms with E-state index in [1.807, 2.05) is 36.4 Å². The van der Waals surface area contributed by atoms with Crippen molar-refractivity contribution < 1.29 is 18.7 Å². The lowest BCUT2D eigenvalue weighted by Gasteiger charge is -2.28. The van der Waals surface area contributed by atoms with E-state index in [-0.39, 0.29) is 11.9 Å². The summed E-state index contributed by atoms with van der Waals surface area (Å²) < 4.78 is 25.5. The quantitative estimate of drug-likeness (QED) is 0.525. The molecule has 0 spiro atoms. The molecular weight excluding hydrogens is 435 g/mol. The van der Waals surface area contributed by atoms with Crippen LogP contribution in [0.3, 0.4) is 0 Å². The van der Waals surface area contributed by atoms with E-state index >= 15 is 0 Å². The molecule has 2 fully saturated rings. The molecule has 5 rings (SSSR count). The molecule has 1 saturated carbocycles. The van der Waals surface area contributed by atoms with Gasteiger partial charge < -0.3 is 19.7 Å². The van der Waals surface area contributed by atoms with Gasteiger partial charge >= 0.3 is 6.09 Å². The summed E-state index contributed by atoms with van der Waals surface area (Å²) in [5.74, 6) is 0.793. The first-order valence-electron chi connectivity index (χ1n) is 11.6. The zero-order valence-electron chi connectivity index (χ0n) is 19.4. The number of nitrogens with one attached hydrogen (secondary N) is 2. The van der Waals surface area contributed by atoms with Crippen molar-refractivity contribution in [2.45, 2.75) is 38.1 Å². The average Bonchev–Trinajstić information content (AvgIpc) is 3.41. The highest BCUT2D eigenvalue weighted by Gasteiger charge is 2.43. The lowest BCUT2D eigenvalue weighted by atomic mass is 10.1. The third kappa shape index (κ3) is 4.69. The fourth-order valence-electron chi connectivity index (χ4n) is 5.09. The summed E-state index contributed by atoms with van der Waals surface area (Å²) in [6, 6.07) is 13.5. The van der Waals surface area contributed by atoms with Crippen molar-refractivity contribution in [1.29, 1.82) is 0 Å². The van der Waals surface area contributed by atoms with Crippen molar-refractivity contribution in [1.82, 2.24) is 9.88 Å². The van der Waals surface area contributed by atoms with Gasteiger partial charge in [0.2, 0.25) is 0 Å². The molecule has 1 aliphatic heterocycles. The van der Waals surface area contributed by atoms with Gasteiger partial charge in [0.1, 0.15) is 11.6 Å². The van der Waals surface area contributed by atoms with Gasteiger partial charge in [-0.2, -0.15) is 0 Å². The number of piperidine rings is 1. The van der Waals surface area contributed by atoms with Crippen LogP contribution < -0.4 is 10.6 Å². The molecule has 34 heavy (non-hydrogen) atoms. The first-order valence-corrected chi connectivity index (χ1v) is 11.6. The largest absolute Gasteiger partial charge is 0.453 e. The van der Waals surface area contributed by atoms with Gasteiger partial charge in [-0.05, 0) is 67.1 Å². The van der Waals surface area contributed by atoms with Crippen LogP contribution in [-0.4, -0.2) is 48.8 Å². The molecule has 3 unspecified atom stereocenters. The van der Waals surface area contributed by atoms with Crippen molar-refractivity contribution >= 4 is 28.4 Å². The summed E-state index contributed by atoms with van der Waals surface area (Å²) in [4.78, 5) is 18.1. The lowest BCUT2D eigenvalue weighted by Crippen LogP contribution is -2.35. The number of likely N-dealkylation sites (tertiary alicyclic amines) is 1. The number of anilines is 2. The summed E-state index contributed by atoms with van der Waals surface area (Å²) in [5.41, 5.74) is 2.30. The van der Waals surface area contributed by atoms with E-state index in [9.17, 15) is 9.18 Å². The number of hydrogen-bond acceptors (Lipinski definition) is 6. The predicted octanol–water partition coefficient (Wildman–Crippen LogP) is 4.77. The van der Waals surface area contributed by atoms with Crippen molar-refractivity contribution in [3.05, 3.63) is 65.6 Å². The van der Waals surface area contributed by atoms with Gasteiger partial charge in [0.05, 0.1) is 19.8 Å². The second-order valence-electron chi connectivity index (χ2n) is 9.17. The van der Waals surface area contributed by atoms with E-state index in [0.29, 0.717) is 36.5 Å². The Balaban J connectivity index is 1.19. The molecule has 2 aromatic carbocycles. The Morgan fingerprint density at radius 3 is 2.82 bits per heavy atom. The fourth-order valence-corrected chi connectivity index (χ4v) is 5.09. The number of carbonyl (C=O) groups excluding carboxylic acids is 1. The molecular formula is C26H29FN4O3. The third-order valence-electron chi connectivity index (χ3n) is 6.99. The summed E-state index contributed by atoms with van der Waals surface area (Å²) >= 11 is 0. The van der Waals surface area contributed by atoms with Crippen molar-refractivity contribution in [3.8, 4) is 0 Å². The Hall–Kier alpha value is -3.23. The minimum atomic E-state index is -0.574. The Morgan fingerprint density at radius 1 is 1.21 bits per heavy atom. The SMILES string of the molecule is COC(=O)Nc1nccc2cc(NCc3ccc(COC4CC5CC4CN5C)cc3F)ccc12. The molecule has 2 aliphatic rings. The monoisotopic (exact) mass is 464 g/mol. The molecule has 1 aromatic heterocycles. The van der Waals surface area contributed by atoms with Crippen molar-refractivity contribution in [3.63, 3.8) is 0 Å². The number of rotatable bonds is 7. The van der Waals surface area contributed by atoms with Crippen LogP contribution in [0.2, 0.25) is 0 Å². The van der Waals surface area contributed by atoms with Gasteiger partial charge in [0, 0.05) is 42.0 Å². The third-order valence-corrected chi connectivity index (χ3v) is 6.99. The molecule has 1 saturated heterocycles. The number of nitrogens with zero attached hydrogens (tertiary/aromatic N) is 2. The minimum Gasteiger partial charge on any atom is -0.453 e. The highest BCUT2D eigenvalue weighted by molar-refractivity contribution is 5.99. The fraction of sp³-hybridized carbons (Fsp3) is 0.385. The average molecular weight is 465 g/mol. The van der Waals surface area contributed by atoms with Crippen LogP contribution in [0.4, 0.5) is 20.7 Å². The van der Waals surface area contributed by atoms with Gasteiger partial charge in [0.15, 0.2) is 0 Å². The molecule has 3 aromatic rings. The lowest BCUT2D eigenvalue weighted by molar-refractivity contribution is -0.00641. The predicted molar refractivity (Wildman–Crippen MR) is 129 cm³/mol. The van der Waals surface area contributed by atoms with Gasteiger partial charge in [-0.25, -0.2) is 14.2 Å². The number of methoxy groups -OCH3 is 1. The number of aromatic nitrogens is 1. The topological polar surface area (TPSA) is 75.7 Å². The number of amides is 1. The first kappa shape index (κ1) is 22.6.